The van der Waals surface area contributed by atoms with E-state index < -0.39 is 0 Å². The number of aromatic nitrogens is 8. The Morgan fingerprint density at radius 1 is 0.429 bits per heavy atom. The van der Waals surface area contributed by atoms with E-state index >= 15 is 0 Å². The third kappa shape index (κ3) is 6.26. The fourth-order valence-corrected chi connectivity index (χ4v) is 6.71. The largest absolute Gasteiger partial charge is 0.456 e. The highest BCUT2D eigenvalue weighted by molar-refractivity contribution is 5.75. The van der Waals surface area contributed by atoms with E-state index in [0.29, 0.717) is 34.4 Å². The summed E-state index contributed by atoms with van der Waals surface area (Å²) in [6.45, 7) is 0. The van der Waals surface area contributed by atoms with E-state index in [2.05, 4.69) is 81.1 Å². The second kappa shape index (κ2) is 14.1. The van der Waals surface area contributed by atoms with Crippen LogP contribution in [0.5, 0.6) is 23.0 Å². The first-order valence-corrected chi connectivity index (χ1v) is 17.9. The molecule has 266 valence electrons. The van der Waals surface area contributed by atoms with Gasteiger partial charge in [-0.05, 0) is 48.5 Å². The Bertz CT molecular complexity index is 2790. The predicted molar refractivity (Wildman–Crippen MR) is 210 cm³/mol. The van der Waals surface area contributed by atoms with E-state index in [0.717, 1.165) is 44.8 Å². The van der Waals surface area contributed by atoms with Crippen molar-refractivity contribution in [1.29, 1.82) is 0 Å². The molecule has 10 heteroatoms. The molecule has 6 aromatic heterocycles. The smallest absolute Gasteiger partial charge is 0.269 e. The molecular weight excluding hydrogens is 697 g/mol. The third-order valence-corrected chi connectivity index (χ3v) is 9.27. The van der Waals surface area contributed by atoms with E-state index in [1.165, 1.54) is 0 Å². The molecule has 0 aliphatic rings. The maximum atomic E-state index is 6.34. The Labute approximate surface area is 321 Å². The highest BCUT2D eigenvalue weighted by atomic mass is 16.5. The molecule has 0 fully saturated rings. The first kappa shape index (κ1) is 32.7. The molecule has 10 rings (SSSR count). The van der Waals surface area contributed by atoms with Gasteiger partial charge in [0.15, 0.2) is 0 Å². The van der Waals surface area contributed by atoms with Gasteiger partial charge in [0.05, 0.1) is 68.6 Å². The van der Waals surface area contributed by atoms with Gasteiger partial charge in [0, 0.05) is 36.9 Å². The van der Waals surface area contributed by atoms with Gasteiger partial charge < -0.3 is 9.47 Å². The van der Waals surface area contributed by atoms with Crippen LogP contribution in [0.3, 0.4) is 0 Å². The fourth-order valence-electron chi connectivity index (χ4n) is 6.71. The molecule has 6 heterocycles. The van der Waals surface area contributed by atoms with Gasteiger partial charge in [0.1, 0.15) is 23.0 Å². The molecule has 0 unspecified atom stereocenters. The lowest BCUT2D eigenvalue weighted by molar-refractivity contribution is -0.573. The van der Waals surface area contributed by atoms with Crippen molar-refractivity contribution in [3.8, 4) is 57.1 Å². The lowest BCUT2D eigenvalue weighted by Crippen LogP contribution is -2.29. The van der Waals surface area contributed by atoms with Crippen LogP contribution in [0.25, 0.3) is 56.2 Å². The number of nitrogens with zero attached hydrogens (tertiary/aromatic N) is 8. The Balaban J connectivity index is 0.901. The topological polar surface area (TPSA) is 87.6 Å². The Morgan fingerprint density at radius 3 is 1.32 bits per heavy atom. The maximum Gasteiger partial charge on any atom is 0.269 e. The lowest BCUT2D eigenvalue weighted by Gasteiger charge is -2.10. The zero-order valence-corrected chi connectivity index (χ0v) is 29.7. The molecule has 0 saturated heterocycles. The van der Waals surface area contributed by atoms with Crippen LogP contribution in [-0.2, 0) is 0 Å². The molecule has 4 aromatic carbocycles. The Kier molecular flexibility index (Phi) is 8.23. The molecule has 56 heavy (non-hydrogen) atoms. The van der Waals surface area contributed by atoms with Gasteiger partial charge in [-0.25, -0.2) is 0 Å². The number of rotatable bonds is 9. The molecule has 0 aliphatic carbocycles. The number of pyridine rings is 4. The zero-order chi connectivity index (χ0) is 37.3. The molecule has 0 aliphatic heterocycles. The van der Waals surface area contributed by atoms with Crippen molar-refractivity contribution in [3.05, 3.63) is 195 Å². The minimum absolute atomic E-state index is 0.566. The minimum atomic E-state index is 0.566. The normalized spacial score (nSPS) is 11.2. The fraction of sp³-hybridized carbons (Fsp3) is 0. The summed E-state index contributed by atoms with van der Waals surface area (Å²) in [7, 11) is 0. The molecule has 0 spiro atoms. The molecule has 0 N–H and O–H groups in total. The molecule has 0 bridgehead atoms. The van der Waals surface area contributed by atoms with Gasteiger partial charge in [-0.15, -0.1) is 0 Å². The summed E-state index contributed by atoms with van der Waals surface area (Å²) >= 11 is 0. The monoisotopic (exact) mass is 726 g/mol. The summed E-state index contributed by atoms with van der Waals surface area (Å²) in [6, 6.07) is 47.8. The standard InChI is InChI=1S/C46H30N8O2/c1-3-11-33(12-4-1)51-31-53(45-17-9-7-15-43(45)51)35-23-39(29-47-27-35)55-37-19-21-49-41(25-37)42-26-38(20-22-50-42)56-40-24-36(28-48-30-40)54-32-52(34-13-5-2-6-14-34)44-16-8-10-18-46(44)54/h1-30H. The van der Waals surface area contributed by atoms with Crippen molar-refractivity contribution in [2.75, 3.05) is 0 Å². The van der Waals surface area contributed by atoms with Crippen molar-refractivity contribution in [2.45, 2.75) is 0 Å². The summed E-state index contributed by atoms with van der Waals surface area (Å²) in [4.78, 5) is 18.2. The highest BCUT2D eigenvalue weighted by Crippen LogP contribution is 2.29. The molecule has 0 atom stereocenters. The van der Waals surface area contributed by atoms with Crippen molar-refractivity contribution < 1.29 is 18.6 Å². The average Bonchev–Trinajstić information content (AvgIpc) is 3.85. The van der Waals surface area contributed by atoms with E-state index in [1.54, 1.807) is 49.3 Å². The van der Waals surface area contributed by atoms with Crippen molar-refractivity contribution in [2.24, 2.45) is 0 Å². The summed E-state index contributed by atoms with van der Waals surface area (Å²) < 4.78 is 20.7. The van der Waals surface area contributed by atoms with E-state index in [1.807, 2.05) is 103 Å². The predicted octanol–water partition coefficient (Wildman–Crippen LogP) is 8.56. The van der Waals surface area contributed by atoms with Crippen LogP contribution in [0.2, 0.25) is 0 Å². The van der Waals surface area contributed by atoms with E-state index in [-0.39, 0.29) is 0 Å². The number of para-hydroxylation sites is 6. The minimum Gasteiger partial charge on any atom is -0.456 e. The number of ether oxygens (including phenoxy) is 2. The van der Waals surface area contributed by atoms with Gasteiger partial charge in [-0.2, -0.15) is 0 Å². The van der Waals surface area contributed by atoms with Crippen molar-refractivity contribution in [1.82, 2.24) is 29.1 Å². The van der Waals surface area contributed by atoms with Gasteiger partial charge in [-0.3, -0.25) is 38.2 Å². The van der Waals surface area contributed by atoms with Gasteiger partial charge in [0.2, 0.25) is 0 Å². The van der Waals surface area contributed by atoms with Crippen LogP contribution in [-0.4, -0.2) is 29.1 Å². The first-order valence-electron chi connectivity index (χ1n) is 17.9. The quantitative estimate of drug-likeness (QED) is 0.109. The molecule has 0 saturated carbocycles. The molecular formula is C46H30N8O2. The highest BCUT2D eigenvalue weighted by Gasteiger charge is 2.15. The van der Waals surface area contributed by atoms with E-state index in [9.17, 15) is 0 Å². The van der Waals surface area contributed by atoms with Crippen LogP contribution in [0.4, 0.5) is 0 Å². The Hall–Kier alpha value is -7.98. The number of hydrogen-bond acceptors (Lipinski definition) is 6. The van der Waals surface area contributed by atoms with Crippen molar-refractivity contribution in [3.63, 3.8) is 0 Å². The number of fused-ring (bicyclic) bond motifs is 2. The molecule has 0 radical (unpaired) electrons. The maximum absolute atomic E-state index is 6.34. The number of hydrogen-bond donors (Lipinski definition) is 0. The summed E-state index contributed by atoms with van der Waals surface area (Å²) in [6.07, 6.45) is 17.3. The van der Waals surface area contributed by atoms with Crippen LogP contribution in [0, 0.1) is 12.7 Å². The molecule has 0 amide bonds. The van der Waals surface area contributed by atoms with E-state index in [4.69, 9.17) is 9.47 Å². The SMILES string of the molecule is [c-]1n(-c2ccccc2)c2ccccc2[n+]1-c1cncc(Oc2ccnc(-c3cc(Oc4cncc(-[n+]5[c-]n(-c6ccccc6)c6ccccc65)c4)ccn3)c2)c1. The molecule has 10 aromatic rings. The van der Waals surface area contributed by atoms with Crippen LogP contribution >= 0.6 is 0 Å². The zero-order valence-electron chi connectivity index (χ0n) is 29.7. The van der Waals surface area contributed by atoms with Crippen LogP contribution < -0.4 is 18.6 Å². The number of imidazole rings is 2. The average molecular weight is 727 g/mol. The summed E-state index contributed by atoms with van der Waals surface area (Å²) in [5.41, 5.74) is 8.93. The summed E-state index contributed by atoms with van der Waals surface area (Å²) in [5, 5.41) is 0. The second-order valence-corrected chi connectivity index (χ2v) is 12.9. The van der Waals surface area contributed by atoms with Gasteiger partial charge >= 0.3 is 0 Å². The van der Waals surface area contributed by atoms with Crippen molar-refractivity contribution >= 4 is 22.1 Å². The summed E-state index contributed by atoms with van der Waals surface area (Å²) in [5.74, 6) is 2.30. The number of benzene rings is 4. The van der Waals surface area contributed by atoms with Crippen LogP contribution in [0.15, 0.2) is 183 Å². The Morgan fingerprint density at radius 2 is 0.857 bits per heavy atom. The third-order valence-electron chi connectivity index (χ3n) is 9.27. The van der Waals surface area contributed by atoms with Gasteiger partial charge in [-0.1, -0.05) is 84.9 Å². The second-order valence-electron chi connectivity index (χ2n) is 12.9. The molecule has 10 nitrogen and oxygen atoms in total. The first-order chi connectivity index (χ1) is 27.7. The van der Waals surface area contributed by atoms with Gasteiger partial charge in [0.25, 0.3) is 12.7 Å². The van der Waals surface area contributed by atoms with Crippen LogP contribution in [0.1, 0.15) is 0 Å². The lowest BCUT2D eigenvalue weighted by atomic mass is 10.2.